The summed E-state index contributed by atoms with van der Waals surface area (Å²) in [7, 11) is 0. The summed E-state index contributed by atoms with van der Waals surface area (Å²) in [5, 5.41) is 1.13. The zero-order chi connectivity index (χ0) is 15.9. The molecule has 1 aromatic carbocycles. The van der Waals surface area contributed by atoms with E-state index in [0.717, 1.165) is 35.6 Å². The second-order valence-electron chi connectivity index (χ2n) is 4.80. The minimum Gasteiger partial charge on any atom is -0.494 e. The van der Waals surface area contributed by atoms with E-state index in [-0.39, 0.29) is 0 Å². The minimum atomic E-state index is 0.350. The molecule has 4 nitrogen and oxygen atoms in total. The van der Waals surface area contributed by atoms with Gasteiger partial charge < -0.3 is 10.5 Å². The van der Waals surface area contributed by atoms with E-state index in [1.807, 2.05) is 30.5 Å². The van der Waals surface area contributed by atoms with Gasteiger partial charge >= 0.3 is 0 Å². The van der Waals surface area contributed by atoms with Crippen LogP contribution in [-0.4, -0.2) is 22.8 Å². The standard InChI is InChI=1S/C16H20ClN3OS/c1-3-8-21-12-6-4-11(5-7-12)9-13-14(10-18)19-16(22-2)20-15(13)17/h4-7H,3,8-10,18H2,1-2H3. The molecule has 22 heavy (non-hydrogen) atoms. The average Bonchev–Trinajstić information content (AvgIpc) is 2.55. The van der Waals surface area contributed by atoms with E-state index >= 15 is 0 Å². The van der Waals surface area contributed by atoms with Crippen molar-refractivity contribution in [2.45, 2.75) is 31.5 Å². The second kappa shape index (κ2) is 8.36. The van der Waals surface area contributed by atoms with Crippen LogP contribution in [-0.2, 0) is 13.0 Å². The Labute approximate surface area is 140 Å². The van der Waals surface area contributed by atoms with Crippen molar-refractivity contribution in [1.29, 1.82) is 0 Å². The number of benzene rings is 1. The predicted molar refractivity (Wildman–Crippen MR) is 91.7 cm³/mol. The summed E-state index contributed by atoms with van der Waals surface area (Å²) in [5.41, 5.74) is 8.62. The van der Waals surface area contributed by atoms with E-state index in [2.05, 4.69) is 16.9 Å². The van der Waals surface area contributed by atoms with Gasteiger partial charge in [-0.15, -0.1) is 0 Å². The molecule has 0 saturated carbocycles. The molecule has 0 aliphatic carbocycles. The summed E-state index contributed by atoms with van der Waals surface area (Å²) in [4.78, 5) is 8.73. The van der Waals surface area contributed by atoms with Crippen LogP contribution in [0.15, 0.2) is 29.4 Å². The van der Waals surface area contributed by atoms with Gasteiger partial charge in [0.05, 0.1) is 12.3 Å². The monoisotopic (exact) mass is 337 g/mol. The van der Waals surface area contributed by atoms with Crippen molar-refractivity contribution >= 4 is 23.4 Å². The van der Waals surface area contributed by atoms with E-state index in [1.54, 1.807) is 0 Å². The van der Waals surface area contributed by atoms with Crippen LogP contribution < -0.4 is 10.5 Å². The molecular weight excluding hydrogens is 318 g/mol. The topological polar surface area (TPSA) is 61.0 Å². The third-order valence-electron chi connectivity index (χ3n) is 3.17. The van der Waals surface area contributed by atoms with Gasteiger partial charge in [0, 0.05) is 18.5 Å². The molecule has 6 heteroatoms. The molecule has 0 atom stereocenters. The normalized spacial score (nSPS) is 10.7. The quantitative estimate of drug-likeness (QED) is 0.474. The summed E-state index contributed by atoms with van der Waals surface area (Å²) in [5.74, 6) is 0.879. The lowest BCUT2D eigenvalue weighted by Gasteiger charge is -2.11. The molecule has 1 aromatic heterocycles. The number of rotatable bonds is 7. The van der Waals surface area contributed by atoms with Crippen molar-refractivity contribution in [2.75, 3.05) is 12.9 Å². The van der Waals surface area contributed by atoms with Crippen LogP contribution >= 0.6 is 23.4 Å². The number of nitrogens with zero attached hydrogens (tertiary/aromatic N) is 2. The SMILES string of the molecule is CCCOc1ccc(Cc2c(Cl)nc(SC)nc2CN)cc1. The fraction of sp³-hybridized carbons (Fsp3) is 0.375. The van der Waals surface area contributed by atoms with Crippen LogP contribution in [0.25, 0.3) is 0 Å². The molecule has 0 amide bonds. The molecule has 0 spiro atoms. The van der Waals surface area contributed by atoms with E-state index in [1.165, 1.54) is 11.8 Å². The zero-order valence-corrected chi connectivity index (χ0v) is 14.4. The first-order valence-electron chi connectivity index (χ1n) is 7.19. The molecule has 118 valence electrons. The lowest BCUT2D eigenvalue weighted by atomic mass is 10.0. The Bertz CT molecular complexity index is 620. The molecule has 0 saturated heterocycles. The Morgan fingerprint density at radius 1 is 1.23 bits per heavy atom. The highest BCUT2D eigenvalue weighted by Crippen LogP contribution is 2.24. The van der Waals surface area contributed by atoms with Gasteiger partial charge in [0.2, 0.25) is 0 Å². The van der Waals surface area contributed by atoms with Gasteiger partial charge in [0.1, 0.15) is 10.9 Å². The molecule has 2 aromatic rings. The van der Waals surface area contributed by atoms with Crippen LogP contribution in [0.2, 0.25) is 5.15 Å². The Kier molecular flexibility index (Phi) is 6.49. The number of hydrogen-bond donors (Lipinski definition) is 1. The summed E-state index contributed by atoms with van der Waals surface area (Å²) in [6, 6.07) is 8.00. The maximum atomic E-state index is 6.30. The van der Waals surface area contributed by atoms with Crippen molar-refractivity contribution in [3.05, 3.63) is 46.2 Å². The Hall–Kier alpha value is -1.30. The summed E-state index contributed by atoms with van der Waals surface area (Å²) < 4.78 is 5.59. The molecule has 0 radical (unpaired) electrons. The first kappa shape index (κ1) is 17.1. The third kappa shape index (κ3) is 4.35. The van der Waals surface area contributed by atoms with Crippen LogP contribution in [0.4, 0.5) is 0 Å². The van der Waals surface area contributed by atoms with Gasteiger partial charge in [0.15, 0.2) is 5.16 Å². The first-order valence-corrected chi connectivity index (χ1v) is 8.79. The van der Waals surface area contributed by atoms with Crippen molar-refractivity contribution in [3.8, 4) is 5.75 Å². The molecule has 0 aliphatic rings. The smallest absolute Gasteiger partial charge is 0.188 e. The van der Waals surface area contributed by atoms with E-state index < -0.39 is 0 Å². The van der Waals surface area contributed by atoms with Crippen molar-refractivity contribution in [2.24, 2.45) is 5.73 Å². The van der Waals surface area contributed by atoms with E-state index in [4.69, 9.17) is 22.1 Å². The lowest BCUT2D eigenvalue weighted by Crippen LogP contribution is -2.08. The molecule has 0 fully saturated rings. The van der Waals surface area contributed by atoms with E-state index in [9.17, 15) is 0 Å². The Morgan fingerprint density at radius 2 is 1.95 bits per heavy atom. The predicted octanol–water partition coefficient (Wildman–Crippen LogP) is 3.69. The van der Waals surface area contributed by atoms with Gasteiger partial charge in [-0.25, -0.2) is 9.97 Å². The number of ether oxygens (including phenoxy) is 1. The summed E-state index contributed by atoms with van der Waals surface area (Å²) >= 11 is 7.76. The largest absolute Gasteiger partial charge is 0.494 e. The highest BCUT2D eigenvalue weighted by Gasteiger charge is 2.12. The zero-order valence-electron chi connectivity index (χ0n) is 12.8. The van der Waals surface area contributed by atoms with Gasteiger partial charge in [-0.3, -0.25) is 0 Å². The fourth-order valence-corrected chi connectivity index (χ4v) is 2.73. The van der Waals surface area contributed by atoms with Crippen LogP contribution in [0, 0.1) is 0 Å². The van der Waals surface area contributed by atoms with Crippen molar-refractivity contribution < 1.29 is 4.74 Å². The number of hydrogen-bond acceptors (Lipinski definition) is 5. The first-order chi connectivity index (χ1) is 10.7. The fourth-order valence-electron chi connectivity index (χ4n) is 2.04. The summed E-state index contributed by atoms with van der Waals surface area (Å²) in [6.07, 6.45) is 3.57. The molecule has 0 aliphatic heterocycles. The molecule has 0 bridgehead atoms. The lowest BCUT2D eigenvalue weighted by molar-refractivity contribution is 0.317. The van der Waals surface area contributed by atoms with Gasteiger partial charge in [0.25, 0.3) is 0 Å². The Balaban J connectivity index is 2.19. The van der Waals surface area contributed by atoms with Gasteiger partial charge in [-0.1, -0.05) is 42.4 Å². The average molecular weight is 338 g/mol. The van der Waals surface area contributed by atoms with Crippen LogP contribution in [0.1, 0.15) is 30.2 Å². The number of halogens is 1. The number of nitrogens with two attached hydrogens (primary N) is 1. The molecule has 2 rings (SSSR count). The highest BCUT2D eigenvalue weighted by molar-refractivity contribution is 7.98. The van der Waals surface area contributed by atoms with Crippen LogP contribution in [0.3, 0.4) is 0 Å². The van der Waals surface area contributed by atoms with Crippen LogP contribution in [0.5, 0.6) is 5.75 Å². The Morgan fingerprint density at radius 3 is 2.55 bits per heavy atom. The van der Waals surface area contributed by atoms with Gasteiger partial charge in [-0.05, 0) is 30.4 Å². The minimum absolute atomic E-state index is 0.350. The van der Waals surface area contributed by atoms with Gasteiger partial charge in [-0.2, -0.15) is 0 Å². The highest BCUT2D eigenvalue weighted by atomic mass is 35.5. The van der Waals surface area contributed by atoms with Crippen molar-refractivity contribution in [1.82, 2.24) is 9.97 Å². The molecule has 0 unspecified atom stereocenters. The molecular formula is C16H20ClN3OS. The number of aromatic nitrogens is 2. The molecule has 2 N–H and O–H groups in total. The second-order valence-corrected chi connectivity index (χ2v) is 5.93. The molecule has 1 heterocycles. The van der Waals surface area contributed by atoms with Crippen molar-refractivity contribution in [3.63, 3.8) is 0 Å². The maximum absolute atomic E-state index is 6.30. The maximum Gasteiger partial charge on any atom is 0.188 e. The van der Waals surface area contributed by atoms with E-state index in [0.29, 0.717) is 23.3 Å². The summed E-state index contributed by atoms with van der Waals surface area (Å²) in [6.45, 7) is 3.16. The number of thioether (sulfide) groups is 1. The third-order valence-corrected chi connectivity index (χ3v) is 4.04.